The Labute approximate surface area is 173 Å². The van der Waals surface area contributed by atoms with Crippen LogP contribution < -0.4 is 0 Å². The molecule has 0 aliphatic carbocycles. The second-order valence-corrected chi connectivity index (χ2v) is 8.17. The molecule has 1 heterocycles. The average Bonchev–Trinajstić information content (AvgIpc) is 2.69. The molecule has 0 spiro atoms. The van der Waals surface area contributed by atoms with Crippen LogP contribution in [0.4, 0.5) is 0 Å². The molecule has 3 rings (SSSR count). The fourth-order valence-corrected chi connectivity index (χ4v) is 3.95. The maximum absolute atomic E-state index is 12.9. The molecule has 1 aliphatic rings. The average molecular weight is 450 g/mol. The molecule has 0 aromatic heterocycles. The van der Waals surface area contributed by atoms with Crippen LogP contribution in [0.25, 0.3) is 0 Å². The summed E-state index contributed by atoms with van der Waals surface area (Å²) in [4.78, 5) is 29.2. The predicted molar refractivity (Wildman–Crippen MR) is 111 cm³/mol. The summed E-state index contributed by atoms with van der Waals surface area (Å²) in [5.74, 6) is -0.125. The van der Waals surface area contributed by atoms with Crippen LogP contribution in [0.2, 0.25) is 5.02 Å². The summed E-state index contributed by atoms with van der Waals surface area (Å²) in [6.45, 7) is 1.68. The standard InChI is InChI=1S/C21H22BrClN2O2/c1-24(13-16-5-2-3-7-19(16)22)20(26)17-6-4-12-25(14-17)21(27)15-8-10-18(23)11-9-15/h2-3,5,7-11,17H,4,6,12-14H2,1H3. The van der Waals surface area contributed by atoms with Gasteiger partial charge in [-0.1, -0.05) is 45.7 Å². The molecular formula is C21H22BrClN2O2. The Morgan fingerprint density at radius 1 is 1.19 bits per heavy atom. The van der Waals surface area contributed by atoms with Gasteiger partial charge in [-0.2, -0.15) is 0 Å². The number of likely N-dealkylation sites (tertiary alicyclic amines) is 1. The molecule has 27 heavy (non-hydrogen) atoms. The van der Waals surface area contributed by atoms with Crippen molar-refractivity contribution < 1.29 is 9.59 Å². The SMILES string of the molecule is CN(Cc1ccccc1Br)C(=O)C1CCCN(C(=O)c2ccc(Cl)cc2)C1. The highest BCUT2D eigenvalue weighted by molar-refractivity contribution is 9.10. The third kappa shape index (κ3) is 4.90. The van der Waals surface area contributed by atoms with Crippen LogP contribution in [0.15, 0.2) is 53.0 Å². The third-order valence-corrected chi connectivity index (χ3v) is 5.92. The van der Waals surface area contributed by atoms with Crippen molar-refractivity contribution >= 4 is 39.3 Å². The van der Waals surface area contributed by atoms with E-state index in [1.54, 1.807) is 34.1 Å². The van der Waals surface area contributed by atoms with Crippen LogP contribution in [0.5, 0.6) is 0 Å². The monoisotopic (exact) mass is 448 g/mol. The first-order chi connectivity index (χ1) is 13.0. The van der Waals surface area contributed by atoms with Gasteiger partial charge in [0.15, 0.2) is 0 Å². The molecule has 0 saturated carbocycles. The van der Waals surface area contributed by atoms with Crippen molar-refractivity contribution in [2.24, 2.45) is 5.92 Å². The molecule has 6 heteroatoms. The Balaban J connectivity index is 1.64. The number of carbonyl (C=O) groups excluding carboxylic acids is 2. The molecule has 4 nitrogen and oxygen atoms in total. The smallest absolute Gasteiger partial charge is 0.253 e. The van der Waals surface area contributed by atoms with Crippen LogP contribution in [0.1, 0.15) is 28.8 Å². The van der Waals surface area contributed by atoms with Gasteiger partial charge in [0, 0.05) is 41.7 Å². The van der Waals surface area contributed by atoms with Crippen LogP contribution in [0.3, 0.4) is 0 Å². The van der Waals surface area contributed by atoms with Crippen molar-refractivity contribution in [2.75, 3.05) is 20.1 Å². The second kappa shape index (κ2) is 8.89. The lowest BCUT2D eigenvalue weighted by atomic mass is 9.95. The van der Waals surface area contributed by atoms with Gasteiger partial charge in [-0.15, -0.1) is 0 Å². The van der Waals surface area contributed by atoms with E-state index < -0.39 is 0 Å². The number of rotatable bonds is 4. The normalized spacial score (nSPS) is 16.9. The molecule has 0 radical (unpaired) electrons. The van der Waals surface area contributed by atoms with Crippen molar-refractivity contribution in [3.8, 4) is 0 Å². The highest BCUT2D eigenvalue weighted by atomic mass is 79.9. The van der Waals surface area contributed by atoms with Gasteiger partial charge in [-0.25, -0.2) is 0 Å². The molecule has 142 valence electrons. The molecule has 1 atom stereocenters. The minimum absolute atomic E-state index is 0.0439. The summed E-state index contributed by atoms with van der Waals surface area (Å²) in [7, 11) is 1.82. The molecule has 2 amide bonds. The molecule has 1 aliphatic heterocycles. The summed E-state index contributed by atoms with van der Waals surface area (Å²) < 4.78 is 0.993. The first kappa shape index (κ1) is 19.9. The molecular weight excluding hydrogens is 428 g/mol. The van der Waals surface area contributed by atoms with E-state index in [9.17, 15) is 9.59 Å². The van der Waals surface area contributed by atoms with Gasteiger partial charge in [0.2, 0.25) is 5.91 Å². The van der Waals surface area contributed by atoms with Gasteiger partial charge in [-0.05, 0) is 48.7 Å². The number of hydrogen-bond donors (Lipinski definition) is 0. The Bertz CT molecular complexity index is 825. The minimum Gasteiger partial charge on any atom is -0.341 e. The maximum Gasteiger partial charge on any atom is 0.253 e. The highest BCUT2D eigenvalue weighted by Crippen LogP contribution is 2.23. The van der Waals surface area contributed by atoms with Crippen LogP contribution in [-0.4, -0.2) is 41.8 Å². The molecule has 0 N–H and O–H groups in total. The Hall–Kier alpha value is -1.85. The molecule has 1 saturated heterocycles. The van der Waals surface area contributed by atoms with E-state index in [1.165, 1.54) is 0 Å². The van der Waals surface area contributed by atoms with Gasteiger partial charge in [0.1, 0.15) is 0 Å². The lowest BCUT2D eigenvalue weighted by Gasteiger charge is -2.34. The van der Waals surface area contributed by atoms with Gasteiger partial charge in [-0.3, -0.25) is 9.59 Å². The summed E-state index contributed by atoms with van der Waals surface area (Å²) in [5.41, 5.74) is 1.67. The van der Waals surface area contributed by atoms with Crippen molar-refractivity contribution in [3.63, 3.8) is 0 Å². The van der Waals surface area contributed by atoms with E-state index in [-0.39, 0.29) is 17.7 Å². The number of halogens is 2. The number of carbonyl (C=O) groups is 2. The third-order valence-electron chi connectivity index (χ3n) is 4.89. The largest absolute Gasteiger partial charge is 0.341 e. The van der Waals surface area contributed by atoms with Crippen molar-refractivity contribution in [3.05, 3.63) is 69.2 Å². The van der Waals surface area contributed by atoms with E-state index in [2.05, 4.69) is 15.9 Å². The van der Waals surface area contributed by atoms with Gasteiger partial charge < -0.3 is 9.80 Å². The second-order valence-electron chi connectivity index (χ2n) is 6.88. The number of benzene rings is 2. The highest BCUT2D eigenvalue weighted by Gasteiger charge is 2.30. The minimum atomic E-state index is -0.164. The topological polar surface area (TPSA) is 40.6 Å². The Kier molecular flexibility index (Phi) is 6.55. The van der Waals surface area contributed by atoms with Crippen molar-refractivity contribution in [2.45, 2.75) is 19.4 Å². The fraction of sp³-hybridized carbons (Fsp3) is 0.333. The summed E-state index contributed by atoms with van der Waals surface area (Å²) in [6, 6.07) is 14.8. The van der Waals surface area contributed by atoms with Crippen molar-refractivity contribution in [1.82, 2.24) is 9.80 Å². The summed E-state index contributed by atoms with van der Waals surface area (Å²) in [5, 5.41) is 0.604. The van der Waals surface area contributed by atoms with Gasteiger partial charge in [0.05, 0.1) is 5.92 Å². The van der Waals surface area contributed by atoms with Crippen LogP contribution in [-0.2, 0) is 11.3 Å². The van der Waals surface area contributed by atoms with E-state index >= 15 is 0 Å². The molecule has 0 bridgehead atoms. The van der Waals surface area contributed by atoms with E-state index in [1.807, 2.05) is 31.3 Å². The zero-order valence-electron chi connectivity index (χ0n) is 15.2. The zero-order chi connectivity index (χ0) is 19.4. The molecule has 2 aromatic rings. The van der Waals surface area contributed by atoms with Gasteiger partial charge >= 0.3 is 0 Å². The quantitative estimate of drug-likeness (QED) is 0.684. The lowest BCUT2D eigenvalue weighted by Crippen LogP contribution is -2.45. The first-order valence-electron chi connectivity index (χ1n) is 8.99. The number of amides is 2. The molecule has 2 aromatic carbocycles. The van der Waals surface area contributed by atoms with E-state index in [0.29, 0.717) is 30.2 Å². The predicted octanol–water partition coefficient (Wildman–Crippen LogP) is 4.61. The lowest BCUT2D eigenvalue weighted by molar-refractivity contribution is -0.136. The summed E-state index contributed by atoms with van der Waals surface area (Å²) >= 11 is 9.43. The zero-order valence-corrected chi connectivity index (χ0v) is 17.5. The number of piperidine rings is 1. The Morgan fingerprint density at radius 3 is 2.59 bits per heavy atom. The fourth-order valence-electron chi connectivity index (χ4n) is 3.41. The van der Waals surface area contributed by atoms with Crippen LogP contribution >= 0.6 is 27.5 Å². The maximum atomic E-state index is 12.9. The number of hydrogen-bond acceptors (Lipinski definition) is 2. The van der Waals surface area contributed by atoms with Crippen molar-refractivity contribution in [1.29, 1.82) is 0 Å². The molecule has 1 unspecified atom stereocenters. The van der Waals surface area contributed by atoms with E-state index in [0.717, 1.165) is 22.9 Å². The summed E-state index contributed by atoms with van der Waals surface area (Å²) in [6.07, 6.45) is 1.64. The van der Waals surface area contributed by atoms with Crippen LogP contribution in [0, 0.1) is 5.92 Å². The first-order valence-corrected chi connectivity index (χ1v) is 10.2. The van der Waals surface area contributed by atoms with E-state index in [4.69, 9.17) is 11.6 Å². The van der Waals surface area contributed by atoms with Gasteiger partial charge in [0.25, 0.3) is 5.91 Å². The Morgan fingerprint density at radius 2 is 1.89 bits per heavy atom. The molecule has 1 fully saturated rings. The number of nitrogens with zero attached hydrogens (tertiary/aromatic N) is 2.